The number of ether oxygens (including phenoxy) is 1. The maximum absolute atomic E-state index is 11.6. The fourth-order valence-electron chi connectivity index (χ4n) is 2.80. The number of hydrogen-bond acceptors (Lipinski definition) is 8. The van der Waals surface area contributed by atoms with Gasteiger partial charge in [-0.25, -0.2) is 9.78 Å². The monoisotopic (exact) mass is 376 g/mol. The number of furan rings is 1. The number of carbonyl (C=O) groups is 1. The van der Waals surface area contributed by atoms with Crippen molar-refractivity contribution in [2.45, 2.75) is 0 Å². The highest BCUT2D eigenvalue weighted by atomic mass is 16.5. The van der Waals surface area contributed by atoms with Crippen LogP contribution in [0, 0.1) is 0 Å². The van der Waals surface area contributed by atoms with Crippen LogP contribution in [0.2, 0.25) is 0 Å². The summed E-state index contributed by atoms with van der Waals surface area (Å²) in [5.41, 5.74) is 8.67. The lowest BCUT2D eigenvalue weighted by Gasteiger charge is -2.09. The van der Waals surface area contributed by atoms with Crippen molar-refractivity contribution in [2.24, 2.45) is 0 Å². The van der Waals surface area contributed by atoms with Gasteiger partial charge in [0.2, 0.25) is 11.7 Å². The SMILES string of the molecule is COC(=O)c1cc2cc(Nc3ncc(-c4cccc(O)c4)c(N)n3)ccc2o1. The number of nitrogens with two attached hydrogens (primary N) is 1. The van der Waals surface area contributed by atoms with Crippen molar-refractivity contribution in [1.82, 2.24) is 9.97 Å². The molecular weight excluding hydrogens is 360 g/mol. The van der Waals surface area contributed by atoms with E-state index in [2.05, 4.69) is 20.0 Å². The van der Waals surface area contributed by atoms with Gasteiger partial charge in [0.1, 0.15) is 17.2 Å². The van der Waals surface area contributed by atoms with Gasteiger partial charge in [0.25, 0.3) is 0 Å². The molecule has 0 spiro atoms. The predicted molar refractivity (Wildman–Crippen MR) is 104 cm³/mol. The highest BCUT2D eigenvalue weighted by molar-refractivity contribution is 5.93. The van der Waals surface area contributed by atoms with E-state index < -0.39 is 5.97 Å². The van der Waals surface area contributed by atoms with E-state index in [9.17, 15) is 9.90 Å². The van der Waals surface area contributed by atoms with Crippen molar-refractivity contribution in [3.63, 3.8) is 0 Å². The lowest BCUT2D eigenvalue weighted by atomic mass is 10.1. The Labute approximate surface area is 159 Å². The number of methoxy groups -OCH3 is 1. The Kier molecular flexibility index (Phi) is 4.29. The number of nitrogen functional groups attached to an aromatic ring is 1. The molecule has 0 saturated heterocycles. The molecule has 140 valence electrons. The molecule has 0 amide bonds. The van der Waals surface area contributed by atoms with E-state index in [1.165, 1.54) is 7.11 Å². The number of nitrogens with one attached hydrogen (secondary N) is 1. The number of phenolic OH excluding ortho intramolecular Hbond substituents is 1. The molecule has 0 bridgehead atoms. The van der Waals surface area contributed by atoms with Gasteiger partial charge in [-0.3, -0.25) is 0 Å². The molecule has 2 heterocycles. The highest BCUT2D eigenvalue weighted by Crippen LogP contribution is 2.29. The molecule has 0 radical (unpaired) electrons. The summed E-state index contributed by atoms with van der Waals surface area (Å²) in [5.74, 6) is 0.326. The second kappa shape index (κ2) is 6.92. The van der Waals surface area contributed by atoms with Crippen molar-refractivity contribution in [3.8, 4) is 16.9 Å². The lowest BCUT2D eigenvalue weighted by Crippen LogP contribution is -2.02. The van der Waals surface area contributed by atoms with Gasteiger partial charge in [0.05, 0.1) is 7.11 Å². The Morgan fingerprint density at radius 2 is 2.07 bits per heavy atom. The topological polar surface area (TPSA) is 124 Å². The number of anilines is 3. The first-order valence-electron chi connectivity index (χ1n) is 8.34. The number of benzene rings is 2. The van der Waals surface area contributed by atoms with Crippen LogP contribution >= 0.6 is 0 Å². The summed E-state index contributed by atoms with van der Waals surface area (Å²) in [6, 6.07) is 13.6. The molecule has 0 fully saturated rings. The molecule has 0 saturated carbocycles. The van der Waals surface area contributed by atoms with Gasteiger partial charge in [-0.1, -0.05) is 12.1 Å². The van der Waals surface area contributed by atoms with Crippen LogP contribution in [0.1, 0.15) is 10.6 Å². The molecule has 4 rings (SSSR count). The molecule has 4 N–H and O–H groups in total. The molecular formula is C20H16N4O4. The molecule has 8 nitrogen and oxygen atoms in total. The van der Waals surface area contributed by atoms with E-state index in [-0.39, 0.29) is 17.3 Å². The second-order valence-electron chi connectivity index (χ2n) is 6.02. The summed E-state index contributed by atoms with van der Waals surface area (Å²) < 4.78 is 10.1. The summed E-state index contributed by atoms with van der Waals surface area (Å²) in [6.45, 7) is 0. The van der Waals surface area contributed by atoms with E-state index in [4.69, 9.17) is 10.2 Å². The van der Waals surface area contributed by atoms with Gasteiger partial charge in [0, 0.05) is 22.8 Å². The molecule has 0 aliphatic heterocycles. The fourth-order valence-corrected chi connectivity index (χ4v) is 2.80. The number of aromatic hydroxyl groups is 1. The average Bonchev–Trinajstić information content (AvgIpc) is 3.11. The first-order valence-corrected chi connectivity index (χ1v) is 8.34. The van der Waals surface area contributed by atoms with Gasteiger partial charge < -0.3 is 25.3 Å². The Morgan fingerprint density at radius 1 is 1.21 bits per heavy atom. The molecule has 0 atom stereocenters. The number of rotatable bonds is 4. The van der Waals surface area contributed by atoms with Crippen molar-refractivity contribution in [3.05, 3.63) is 60.5 Å². The highest BCUT2D eigenvalue weighted by Gasteiger charge is 2.13. The first kappa shape index (κ1) is 17.3. The number of fused-ring (bicyclic) bond motifs is 1. The van der Waals surface area contributed by atoms with Crippen molar-refractivity contribution < 1.29 is 19.1 Å². The third-order valence-electron chi connectivity index (χ3n) is 4.13. The lowest BCUT2D eigenvalue weighted by molar-refractivity contribution is 0.0567. The van der Waals surface area contributed by atoms with Gasteiger partial charge in [-0.05, 0) is 42.0 Å². The number of carbonyl (C=O) groups excluding carboxylic acids is 1. The molecule has 0 aliphatic rings. The Bertz CT molecular complexity index is 1190. The van der Waals surface area contributed by atoms with E-state index in [0.29, 0.717) is 22.8 Å². The predicted octanol–water partition coefficient (Wildman–Crippen LogP) is 3.71. The third kappa shape index (κ3) is 3.30. The van der Waals surface area contributed by atoms with Gasteiger partial charge >= 0.3 is 5.97 Å². The molecule has 0 aliphatic carbocycles. The van der Waals surface area contributed by atoms with E-state index in [1.807, 2.05) is 6.07 Å². The van der Waals surface area contributed by atoms with Crippen LogP contribution in [0.15, 0.2) is 59.1 Å². The zero-order valence-corrected chi connectivity index (χ0v) is 14.8. The summed E-state index contributed by atoms with van der Waals surface area (Å²) in [5, 5.41) is 13.4. The minimum Gasteiger partial charge on any atom is -0.508 e. The number of nitrogens with zero attached hydrogens (tertiary/aromatic N) is 2. The molecule has 2 aromatic carbocycles. The van der Waals surface area contributed by atoms with Gasteiger partial charge in [0.15, 0.2) is 0 Å². The molecule has 0 unspecified atom stereocenters. The Balaban J connectivity index is 1.60. The largest absolute Gasteiger partial charge is 0.508 e. The van der Waals surface area contributed by atoms with Crippen LogP contribution in [-0.4, -0.2) is 28.2 Å². The van der Waals surface area contributed by atoms with Crippen LogP contribution in [-0.2, 0) is 4.74 Å². The minimum atomic E-state index is -0.538. The van der Waals surface area contributed by atoms with Crippen LogP contribution in [0.4, 0.5) is 17.5 Å². The van der Waals surface area contributed by atoms with Crippen LogP contribution < -0.4 is 11.1 Å². The number of esters is 1. The first-order chi connectivity index (χ1) is 13.5. The van der Waals surface area contributed by atoms with Crippen LogP contribution in [0.5, 0.6) is 5.75 Å². The zero-order chi connectivity index (χ0) is 19.7. The van der Waals surface area contributed by atoms with Crippen LogP contribution in [0.25, 0.3) is 22.1 Å². The van der Waals surface area contributed by atoms with Gasteiger partial charge in [-0.2, -0.15) is 4.98 Å². The third-order valence-corrected chi connectivity index (χ3v) is 4.13. The second-order valence-corrected chi connectivity index (χ2v) is 6.02. The smallest absolute Gasteiger partial charge is 0.373 e. The van der Waals surface area contributed by atoms with Crippen molar-refractivity contribution in [2.75, 3.05) is 18.2 Å². The number of phenols is 1. The summed E-state index contributed by atoms with van der Waals surface area (Å²) in [4.78, 5) is 20.1. The summed E-state index contributed by atoms with van der Waals surface area (Å²) >= 11 is 0. The molecule has 2 aromatic heterocycles. The Morgan fingerprint density at radius 3 is 2.82 bits per heavy atom. The maximum atomic E-state index is 11.6. The minimum absolute atomic E-state index is 0.130. The average molecular weight is 376 g/mol. The zero-order valence-electron chi connectivity index (χ0n) is 14.8. The normalized spacial score (nSPS) is 10.8. The molecule has 8 heteroatoms. The van der Waals surface area contributed by atoms with Crippen LogP contribution in [0.3, 0.4) is 0 Å². The van der Waals surface area contributed by atoms with Gasteiger partial charge in [-0.15, -0.1) is 0 Å². The summed E-state index contributed by atoms with van der Waals surface area (Å²) in [6.07, 6.45) is 1.59. The number of hydrogen-bond donors (Lipinski definition) is 3. The Hall–Kier alpha value is -4.07. The standard InChI is InChI=1S/C20H16N4O4/c1-27-19(26)17-9-12-7-13(5-6-16(12)28-17)23-20-22-10-15(18(21)24-20)11-3-2-4-14(25)8-11/h2-10,25H,1H3,(H3,21,22,23,24). The van der Waals surface area contributed by atoms with Crippen molar-refractivity contribution >= 4 is 34.4 Å². The maximum Gasteiger partial charge on any atom is 0.373 e. The van der Waals surface area contributed by atoms with E-state index in [0.717, 1.165) is 10.9 Å². The summed E-state index contributed by atoms with van der Waals surface area (Å²) in [7, 11) is 1.30. The molecule has 28 heavy (non-hydrogen) atoms. The van der Waals surface area contributed by atoms with E-state index in [1.54, 1.807) is 48.7 Å². The molecule has 4 aromatic rings. The quantitative estimate of drug-likeness (QED) is 0.461. The number of aromatic nitrogens is 2. The fraction of sp³-hybridized carbons (Fsp3) is 0.0500. The van der Waals surface area contributed by atoms with Crippen molar-refractivity contribution in [1.29, 1.82) is 0 Å². The van der Waals surface area contributed by atoms with E-state index >= 15 is 0 Å².